The van der Waals surface area contributed by atoms with E-state index in [0.717, 1.165) is 39.9 Å². The van der Waals surface area contributed by atoms with Gasteiger partial charge >= 0.3 is 0 Å². The number of nitrogens with zero attached hydrogens (tertiary/aromatic N) is 1. The highest BCUT2D eigenvalue weighted by molar-refractivity contribution is 8.13. The number of ether oxygens (including phenoxy) is 1. The summed E-state index contributed by atoms with van der Waals surface area (Å²) in [4.78, 5) is 11.9. The lowest BCUT2D eigenvalue weighted by atomic mass is 10.2. The van der Waals surface area contributed by atoms with Crippen LogP contribution in [0.1, 0.15) is 6.92 Å². The lowest BCUT2D eigenvalue weighted by Gasteiger charge is -2.03. The number of hydrogen-bond donors (Lipinski definition) is 1. The molecule has 0 unspecified atom stereocenters. The van der Waals surface area contributed by atoms with Crippen LogP contribution >= 0.6 is 11.8 Å². The number of amides is 1. The zero-order chi connectivity index (χ0) is 12.4. The fourth-order valence-corrected chi connectivity index (χ4v) is 2.50. The molecule has 0 bridgehead atoms. The number of fused-ring (bicyclic) bond motifs is 1. The number of thioether (sulfide) groups is 1. The van der Waals surface area contributed by atoms with E-state index in [1.54, 1.807) is 7.11 Å². The molecule has 0 aliphatic heterocycles. The molecule has 1 aromatic heterocycles. The normalized spacial score (nSPS) is 10.7. The quantitative estimate of drug-likeness (QED) is 0.852. The first-order valence-corrected chi connectivity index (χ1v) is 6.11. The summed E-state index contributed by atoms with van der Waals surface area (Å²) in [6, 6.07) is 5.79. The molecule has 4 nitrogen and oxygen atoms in total. The molecule has 1 amide bonds. The van der Waals surface area contributed by atoms with Gasteiger partial charge in [-0.2, -0.15) is 0 Å². The van der Waals surface area contributed by atoms with Gasteiger partial charge in [-0.15, -0.1) is 0 Å². The average Bonchev–Trinajstić information content (AvgIpc) is 2.66. The van der Waals surface area contributed by atoms with Crippen LogP contribution in [0.2, 0.25) is 0 Å². The van der Waals surface area contributed by atoms with Crippen molar-refractivity contribution in [1.82, 2.24) is 4.57 Å². The number of benzene rings is 1. The highest BCUT2D eigenvalue weighted by Crippen LogP contribution is 2.32. The average molecular weight is 250 g/mol. The van der Waals surface area contributed by atoms with E-state index in [-0.39, 0.29) is 0 Å². The second kappa shape index (κ2) is 4.71. The summed E-state index contributed by atoms with van der Waals surface area (Å²) in [7, 11) is 1.64. The van der Waals surface area contributed by atoms with Gasteiger partial charge in [-0.3, -0.25) is 4.79 Å². The number of hydrogen-bond acceptors (Lipinski definition) is 3. The Morgan fingerprint density at radius 3 is 2.88 bits per heavy atom. The third-order valence-electron chi connectivity index (χ3n) is 2.60. The smallest absolute Gasteiger partial charge is 0.281 e. The van der Waals surface area contributed by atoms with Gasteiger partial charge in [-0.05, 0) is 30.8 Å². The number of rotatable bonds is 3. The summed E-state index contributed by atoms with van der Waals surface area (Å²) in [5, 5.41) is 0.632. The largest absolute Gasteiger partial charge is 0.497 e. The lowest BCUT2D eigenvalue weighted by Crippen LogP contribution is -2.01. The number of aryl methyl sites for hydroxylation is 1. The van der Waals surface area contributed by atoms with Gasteiger partial charge in [0.05, 0.1) is 12.6 Å². The number of methoxy groups -OCH3 is 1. The minimum Gasteiger partial charge on any atom is -0.497 e. The van der Waals surface area contributed by atoms with Crippen molar-refractivity contribution in [3.63, 3.8) is 0 Å². The van der Waals surface area contributed by atoms with E-state index in [4.69, 9.17) is 10.5 Å². The van der Waals surface area contributed by atoms with Crippen LogP contribution in [-0.4, -0.2) is 16.9 Å². The van der Waals surface area contributed by atoms with Gasteiger partial charge < -0.3 is 15.0 Å². The summed E-state index contributed by atoms with van der Waals surface area (Å²) in [6.45, 7) is 2.89. The second-order valence-electron chi connectivity index (χ2n) is 3.58. The molecule has 1 heterocycles. The van der Waals surface area contributed by atoms with Crippen LogP contribution in [0.5, 0.6) is 5.75 Å². The first kappa shape index (κ1) is 11.9. The lowest BCUT2D eigenvalue weighted by molar-refractivity contribution is 0.267. The molecule has 90 valence electrons. The zero-order valence-corrected chi connectivity index (χ0v) is 10.6. The summed E-state index contributed by atoms with van der Waals surface area (Å²) in [5.41, 5.74) is 6.26. The van der Waals surface area contributed by atoms with E-state index in [1.165, 1.54) is 0 Å². The molecule has 0 aliphatic carbocycles. The Hall–Kier alpha value is -1.62. The zero-order valence-electron chi connectivity index (χ0n) is 9.77. The van der Waals surface area contributed by atoms with Gasteiger partial charge in [0, 0.05) is 29.1 Å². The van der Waals surface area contributed by atoms with Crippen molar-refractivity contribution >= 4 is 27.9 Å². The molecule has 0 aliphatic rings. The van der Waals surface area contributed by atoms with E-state index in [1.807, 2.05) is 24.4 Å². The minimum absolute atomic E-state index is 0.393. The van der Waals surface area contributed by atoms with Gasteiger partial charge in [0.25, 0.3) is 5.24 Å². The Bertz CT molecular complexity index is 563. The Balaban J connectivity index is 2.59. The van der Waals surface area contributed by atoms with Crippen molar-refractivity contribution in [1.29, 1.82) is 0 Å². The van der Waals surface area contributed by atoms with Crippen LogP contribution in [0, 0.1) is 0 Å². The standard InChI is InChI=1S/C12H14N2O2S/c1-3-14-7-11(17-12(13)15)9-5-4-8(16-2)6-10(9)14/h4-7H,3H2,1-2H3,(H2,13,15). The Morgan fingerprint density at radius 2 is 2.29 bits per heavy atom. The van der Waals surface area contributed by atoms with Gasteiger partial charge in [0.2, 0.25) is 0 Å². The maximum absolute atomic E-state index is 11.0. The molecule has 0 saturated carbocycles. The maximum Gasteiger partial charge on any atom is 0.281 e. The highest BCUT2D eigenvalue weighted by atomic mass is 32.2. The molecular formula is C12H14N2O2S. The summed E-state index contributed by atoms with van der Waals surface area (Å²) in [6.07, 6.45) is 1.94. The molecule has 0 radical (unpaired) electrons. The van der Waals surface area contributed by atoms with Crippen LogP contribution in [0.25, 0.3) is 10.9 Å². The number of carbonyl (C=O) groups excluding carboxylic acids is 1. The van der Waals surface area contributed by atoms with E-state index >= 15 is 0 Å². The third-order valence-corrected chi connectivity index (χ3v) is 3.35. The van der Waals surface area contributed by atoms with E-state index in [9.17, 15) is 4.79 Å². The fraction of sp³-hybridized carbons (Fsp3) is 0.250. The number of nitrogens with two attached hydrogens (primary N) is 1. The Kier molecular flexibility index (Phi) is 3.28. The van der Waals surface area contributed by atoms with Crippen molar-refractivity contribution in [3.05, 3.63) is 24.4 Å². The number of aromatic nitrogens is 1. The third kappa shape index (κ3) is 2.24. The van der Waals surface area contributed by atoms with Crippen molar-refractivity contribution in [2.75, 3.05) is 7.11 Å². The van der Waals surface area contributed by atoms with Crippen LogP contribution in [-0.2, 0) is 6.54 Å². The molecule has 0 fully saturated rings. The molecule has 0 saturated heterocycles. The first-order chi connectivity index (χ1) is 8.15. The highest BCUT2D eigenvalue weighted by Gasteiger charge is 2.11. The molecule has 2 rings (SSSR count). The molecule has 0 spiro atoms. The van der Waals surface area contributed by atoms with Crippen molar-refractivity contribution in [3.8, 4) is 5.75 Å². The molecule has 5 heteroatoms. The molecule has 2 N–H and O–H groups in total. The van der Waals surface area contributed by atoms with Crippen LogP contribution < -0.4 is 10.5 Å². The number of primary amides is 1. The Morgan fingerprint density at radius 1 is 1.53 bits per heavy atom. The van der Waals surface area contributed by atoms with Crippen molar-refractivity contribution in [2.24, 2.45) is 5.73 Å². The minimum atomic E-state index is -0.393. The van der Waals surface area contributed by atoms with Gasteiger partial charge in [0.1, 0.15) is 5.75 Å². The van der Waals surface area contributed by atoms with Gasteiger partial charge in [-0.25, -0.2) is 0 Å². The second-order valence-corrected chi connectivity index (χ2v) is 4.63. The fourth-order valence-electron chi connectivity index (χ4n) is 1.82. The predicted molar refractivity (Wildman–Crippen MR) is 69.6 cm³/mol. The summed E-state index contributed by atoms with van der Waals surface area (Å²) < 4.78 is 7.27. The maximum atomic E-state index is 11.0. The van der Waals surface area contributed by atoms with Gasteiger partial charge in [0.15, 0.2) is 0 Å². The molecular weight excluding hydrogens is 236 g/mol. The van der Waals surface area contributed by atoms with E-state index < -0.39 is 5.24 Å². The topological polar surface area (TPSA) is 57.2 Å². The van der Waals surface area contributed by atoms with Crippen LogP contribution in [0.4, 0.5) is 4.79 Å². The summed E-state index contributed by atoms with van der Waals surface area (Å²) >= 11 is 1.05. The predicted octanol–water partition coefficient (Wildman–Crippen LogP) is 2.84. The van der Waals surface area contributed by atoms with Crippen molar-refractivity contribution in [2.45, 2.75) is 18.4 Å². The summed E-state index contributed by atoms with van der Waals surface area (Å²) in [5.74, 6) is 0.806. The first-order valence-electron chi connectivity index (χ1n) is 5.30. The van der Waals surface area contributed by atoms with E-state index in [0.29, 0.717) is 0 Å². The van der Waals surface area contributed by atoms with Gasteiger partial charge in [-0.1, -0.05) is 0 Å². The van der Waals surface area contributed by atoms with Crippen LogP contribution in [0.15, 0.2) is 29.3 Å². The number of carbonyl (C=O) groups is 1. The Labute approximate surface area is 104 Å². The molecule has 17 heavy (non-hydrogen) atoms. The van der Waals surface area contributed by atoms with Crippen LogP contribution in [0.3, 0.4) is 0 Å². The molecule has 1 aromatic carbocycles. The van der Waals surface area contributed by atoms with Crippen molar-refractivity contribution < 1.29 is 9.53 Å². The van der Waals surface area contributed by atoms with E-state index in [2.05, 4.69) is 11.5 Å². The SMILES string of the molecule is CCn1cc(SC(N)=O)c2ccc(OC)cc21. The molecule has 2 aromatic rings. The monoisotopic (exact) mass is 250 g/mol. The molecule has 0 atom stereocenters.